The molecule has 3 aromatic carbocycles. The van der Waals surface area contributed by atoms with Crippen molar-refractivity contribution in [2.24, 2.45) is 0 Å². The van der Waals surface area contributed by atoms with Crippen LogP contribution < -0.4 is 0 Å². The van der Waals surface area contributed by atoms with E-state index in [9.17, 15) is 35.9 Å². The van der Waals surface area contributed by atoms with E-state index < -0.39 is 41.9 Å². The molecule has 0 saturated heterocycles. The number of carbonyl (C=O) groups is 2. The molecule has 0 fully saturated rings. The number of nitrogens with zero attached hydrogens (tertiary/aromatic N) is 2. The van der Waals surface area contributed by atoms with Gasteiger partial charge in [0.05, 0.1) is 27.9 Å². The van der Waals surface area contributed by atoms with Gasteiger partial charge in [0.2, 0.25) is 0 Å². The van der Waals surface area contributed by atoms with Crippen molar-refractivity contribution in [1.82, 2.24) is 9.88 Å². The van der Waals surface area contributed by atoms with Crippen LogP contribution in [0.1, 0.15) is 43.0 Å². The predicted octanol–water partition coefficient (Wildman–Crippen LogP) is 7.73. The minimum absolute atomic E-state index is 0.0350. The van der Waals surface area contributed by atoms with Crippen LogP contribution >= 0.6 is 0 Å². The van der Waals surface area contributed by atoms with Crippen LogP contribution in [0.5, 0.6) is 0 Å². The van der Waals surface area contributed by atoms with E-state index in [1.165, 1.54) is 25.4 Å². The molecule has 4 rings (SSSR count). The minimum atomic E-state index is -5.01. The number of hydrogen-bond donors (Lipinski definition) is 1. The Morgan fingerprint density at radius 1 is 0.829 bits per heavy atom. The molecule has 212 valence electrons. The van der Waals surface area contributed by atoms with E-state index in [4.69, 9.17) is 5.11 Å². The number of rotatable bonds is 6. The smallest absolute Gasteiger partial charge is 0.416 e. The second kappa shape index (κ2) is 11.1. The maximum Gasteiger partial charge on any atom is 0.416 e. The number of amides is 1. The molecule has 0 aliphatic heterocycles. The molecule has 0 saturated carbocycles. The van der Waals surface area contributed by atoms with Crippen LogP contribution in [0, 0.1) is 6.92 Å². The molecular formula is C30H22F6N2O3. The summed E-state index contributed by atoms with van der Waals surface area (Å²) in [6.07, 6.45) is -8.74. The first-order valence-corrected chi connectivity index (χ1v) is 12.1. The fourth-order valence-electron chi connectivity index (χ4n) is 4.33. The standard InChI is InChI=1S/C30H22F6N2O3/c1-17-5-3-4-6-23(17)24-14-26(19-7-9-20(10-8-19)28(40)41)37-15-25(24)27(39)38(2)16-18-11-21(29(31,32)33)13-22(12-18)30(34,35)36/h3-15H,16H2,1-2H3,(H,40,41). The first-order valence-electron chi connectivity index (χ1n) is 12.1. The highest BCUT2D eigenvalue weighted by Gasteiger charge is 2.37. The average Bonchev–Trinajstić information content (AvgIpc) is 2.91. The molecule has 1 amide bonds. The monoisotopic (exact) mass is 572 g/mol. The van der Waals surface area contributed by atoms with E-state index in [-0.39, 0.29) is 22.8 Å². The number of alkyl halides is 6. The van der Waals surface area contributed by atoms with Crippen LogP contribution in [0.2, 0.25) is 0 Å². The van der Waals surface area contributed by atoms with Gasteiger partial charge in [-0.25, -0.2) is 4.79 Å². The summed E-state index contributed by atoms with van der Waals surface area (Å²) in [5.41, 5.74) is -0.236. The highest BCUT2D eigenvalue weighted by molar-refractivity contribution is 6.01. The zero-order valence-electron chi connectivity index (χ0n) is 21.6. The molecule has 0 aliphatic carbocycles. The largest absolute Gasteiger partial charge is 0.478 e. The van der Waals surface area contributed by atoms with Crippen LogP contribution in [-0.2, 0) is 18.9 Å². The minimum Gasteiger partial charge on any atom is -0.478 e. The van der Waals surface area contributed by atoms with Crippen molar-refractivity contribution in [2.45, 2.75) is 25.8 Å². The zero-order valence-corrected chi connectivity index (χ0v) is 21.6. The van der Waals surface area contributed by atoms with Gasteiger partial charge in [0, 0.05) is 25.4 Å². The number of carboxylic acid groups (broad SMARTS) is 1. The van der Waals surface area contributed by atoms with Crippen molar-refractivity contribution >= 4 is 11.9 Å². The second-order valence-electron chi connectivity index (χ2n) is 9.39. The van der Waals surface area contributed by atoms with Crippen molar-refractivity contribution in [2.75, 3.05) is 7.05 Å². The molecule has 1 N–H and O–H groups in total. The third-order valence-electron chi connectivity index (χ3n) is 6.41. The van der Waals surface area contributed by atoms with E-state index >= 15 is 0 Å². The molecular weight excluding hydrogens is 550 g/mol. The number of pyridine rings is 1. The third-order valence-corrected chi connectivity index (χ3v) is 6.41. The maximum atomic E-state index is 13.6. The molecule has 0 bridgehead atoms. The number of benzene rings is 3. The van der Waals surface area contributed by atoms with Gasteiger partial charge in [0.25, 0.3) is 5.91 Å². The van der Waals surface area contributed by atoms with Gasteiger partial charge in [0.1, 0.15) is 0 Å². The van der Waals surface area contributed by atoms with Gasteiger partial charge in [-0.3, -0.25) is 9.78 Å². The summed E-state index contributed by atoms with van der Waals surface area (Å²) < 4.78 is 80.0. The van der Waals surface area contributed by atoms with Gasteiger partial charge >= 0.3 is 18.3 Å². The van der Waals surface area contributed by atoms with Crippen molar-refractivity contribution in [3.05, 3.63) is 112 Å². The molecule has 5 nitrogen and oxygen atoms in total. The molecule has 0 aliphatic rings. The van der Waals surface area contributed by atoms with Crippen molar-refractivity contribution in [1.29, 1.82) is 0 Å². The number of aryl methyl sites for hydroxylation is 1. The lowest BCUT2D eigenvalue weighted by Gasteiger charge is -2.22. The van der Waals surface area contributed by atoms with Gasteiger partial charge in [0.15, 0.2) is 0 Å². The molecule has 4 aromatic rings. The van der Waals surface area contributed by atoms with E-state index in [2.05, 4.69) is 4.98 Å². The Bertz CT molecular complexity index is 1580. The maximum absolute atomic E-state index is 13.6. The lowest BCUT2D eigenvalue weighted by atomic mass is 9.94. The highest BCUT2D eigenvalue weighted by atomic mass is 19.4. The Balaban J connectivity index is 1.75. The molecule has 1 heterocycles. The molecule has 0 spiro atoms. The summed E-state index contributed by atoms with van der Waals surface area (Å²) in [4.78, 5) is 30.1. The van der Waals surface area contributed by atoms with Gasteiger partial charge in [-0.15, -0.1) is 0 Å². The first kappa shape index (κ1) is 29.3. The summed E-state index contributed by atoms with van der Waals surface area (Å²) in [7, 11) is 1.27. The molecule has 1 aromatic heterocycles. The highest BCUT2D eigenvalue weighted by Crippen LogP contribution is 2.37. The van der Waals surface area contributed by atoms with E-state index in [1.54, 1.807) is 36.4 Å². The Morgan fingerprint density at radius 2 is 1.41 bits per heavy atom. The molecule has 0 atom stereocenters. The predicted molar refractivity (Wildman–Crippen MR) is 139 cm³/mol. The fourth-order valence-corrected chi connectivity index (χ4v) is 4.33. The first-order chi connectivity index (χ1) is 19.1. The molecule has 0 radical (unpaired) electrons. The Morgan fingerprint density at radius 3 is 1.95 bits per heavy atom. The van der Waals surface area contributed by atoms with Crippen LogP contribution in [-0.4, -0.2) is 33.9 Å². The van der Waals surface area contributed by atoms with Gasteiger partial charge in [-0.2, -0.15) is 26.3 Å². The van der Waals surface area contributed by atoms with Crippen molar-refractivity contribution < 1.29 is 41.0 Å². The normalized spacial score (nSPS) is 11.8. The number of halogens is 6. The topological polar surface area (TPSA) is 70.5 Å². The van der Waals surface area contributed by atoms with Crippen LogP contribution in [0.15, 0.2) is 79.0 Å². The summed E-state index contributed by atoms with van der Waals surface area (Å²) in [5.74, 6) is -1.77. The quantitative estimate of drug-likeness (QED) is 0.240. The molecule has 11 heteroatoms. The van der Waals surface area contributed by atoms with Crippen LogP contribution in [0.3, 0.4) is 0 Å². The van der Waals surface area contributed by atoms with Crippen molar-refractivity contribution in [3.63, 3.8) is 0 Å². The van der Waals surface area contributed by atoms with Gasteiger partial charge < -0.3 is 10.0 Å². The van der Waals surface area contributed by atoms with Gasteiger partial charge in [-0.1, -0.05) is 36.4 Å². The van der Waals surface area contributed by atoms with E-state index in [1.807, 2.05) is 13.0 Å². The number of aromatic nitrogens is 1. The Kier molecular flexibility index (Phi) is 7.92. The lowest BCUT2D eigenvalue weighted by Crippen LogP contribution is -2.27. The van der Waals surface area contributed by atoms with Gasteiger partial charge in [-0.05, 0) is 65.6 Å². The molecule has 41 heavy (non-hydrogen) atoms. The lowest BCUT2D eigenvalue weighted by molar-refractivity contribution is -0.143. The average molecular weight is 573 g/mol. The second-order valence-corrected chi connectivity index (χ2v) is 9.39. The fraction of sp³-hybridized carbons (Fsp3) is 0.167. The summed E-state index contributed by atoms with van der Waals surface area (Å²) in [6.45, 7) is 1.29. The number of carboxylic acids is 1. The van der Waals surface area contributed by atoms with Crippen LogP contribution in [0.4, 0.5) is 26.3 Å². The van der Waals surface area contributed by atoms with Crippen molar-refractivity contribution in [3.8, 4) is 22.4 Å². The number of aromatic carboxylic acids is 1. The zero-order chi connectivity index (χ0) is 30.1. The summed E-state index contributed by atoms with van der Waals surface area (Å²) >= 11 is 0. The number of carbonyl (C=O) groups excluding carboxylic acids is 1. The van der Waals surface area contributed by atoms with Crippen LogP contribution in [0.25, 0.3) is 22.4 Å². The molecule has 0 unspecified atom stereocenters. The Labute approximate surface area is 230 Å². The third kappa shape index (κ3) is 6.56. The summed E-state index contributed by atoms with van der Waals surface area (Å²) in [6, 6.07) is 15.9. The number of hydrogen-bond acceptors (Lipinski definition) is 3. The Hall–Kier alpha value is -4.67. The van der Waals surface area contributed by atoms with E-state index in [0.29, 0.717) is 34.5 Å². The SMILES string of the molecule is Cc1ccccc1-c1cc(-c2ccc(C(=O)O)cc2)ncc1C(=O)N(C)Cc1cc(C(F)(F)F)cc(C(F)(F)F)c1. The summed E-state index contributed by atoms with van der Waals surface area (Å²) in [5, 5.41) is 9.17. The van der Waals surface area contributed by atoms with E-state index in [0.717, 1.165) is 10.5 Å².